The van der Waals surface area contributed by atoms with Gasteiger partial charge in [0.1, 0.15) is 11.5 Å². The lowest BCUT2D eigenvalue weighted by Gasteiger charge is -1.92. The molecule has 1 rings (SSSR count). The fourth-order valence-electron chi connectivity index (χ4n) is 1.08. The molecule has 0 unspecified atom stereocenters. The van der Waals surface area contributed by atoms with Crippen LogP contribution in [0.3, 0.4) is 0 Å². The van der Waals surface area contributed by atoms with E-state index in [2.05, 4.69) is 6.58 Å². The smallest absolute Gasteiger partial charge is 0.116 e. The lowest BCUT2D eigenvalue weighted by atomic mass is 10.2. The molecule has 0 aliphatic heterocycles. The van der Waals surface area contributed by atoms with Gasteiger partial charge in [0, 0.05) is 0 Å². The molecule has 0 aliphatic rings. The number of benzene rings is 1. The highest BCUT2D eigenvalue weighted by molar-refractivity contribution is 5.53. The molecule has 0 bridgehead atoms. The van der Waals surface area contributed by atoms with Crippen LogP contribution in [0.2, 0.25) is 0 Å². The third-order valence-electron chi connectivity index (χ3n) is 1.86. The highest BCUT2D eigenvalue weighted by Crippen LogP contribution is 2.11. The third kappa shape index (κ3) is 4.33. The topological polar surface area (TPSA) is 40.5 Å². The second-order valence-corrected chi connectivity index (χ2v) is 3.13. The third-order valence-corrected chi connectivity index (χ3v) is 1.86. The molecule has 0 saturated carbocycles. The molecule has 82 valence electrons. The van der Waals surface area contributed by atoms with Crippen molar-refractivity contribution in [1.29, 1.82) is 0 Å². The van der Waals surface area contributed by atoms with E-state index in [4.69, 9.17) is 5.11 Å². The molecule has 0 amide bonds. The quantitative estimate of drug-likeness (QED) is 0.594. The summed E-state index contributed by atoms with van der Waals surface area (Å²) in [5.41, 5.74) is 0.918. The highest BCUT2D eigenvalue weighted by Gasteiger charge is 1.87. The number of allylic oxidation sites excluding steroid dienone is 5. The van der Waals surface area contributed by atoms with Gasteiger partial charge < -0.3 is 10.2 Å². The Kier molecular flexibility index (Phi) is 4.67. The van der Waals surface area contributed by atoms with Crippen molar-refractivity contribution in [1.82, 2.24) is 0 Å². The van der Waals surface area contributed by atoms with E-state index in [1.54, 1.807) is 36.4 Å². The first-order valence-electron chi connectivity index (χ1n) is 4.88. The maximum Gasteiger partial charge on any atom is 0.116 e. The largest absolute Gasteiger partial charge is 0.508 e. The zero-order valence-corrected chi connectivity index (χ0v) is 8.88. The van der Waals surface area contributed by atoms with E-state index in [1.165, 1.54) is 6.08 Å². The first kappa shape index (κ1) is 11.9. The molecule has 0 heterocycles. The van der Waals surface area contributed by atoms with Crippen LogP contribution in [-0.2, 0) is 0 Å². The molecule has 0 spiro atoms. The minimum absolute atomic E-state index is 0.127. The van der Waals surface area contributed by atoms with E-state index in [-0.39, 0.29) is 11.5 Å². The molecular formula is C14H14O2. The van der Waals surface area contributed by atoms with Crippen molar-refractivity contribution in [2.75, 3.05) is 0 Å². The van der Waals surface area contributed by atoms with Crippen LogP contribution in [0.25, 0.3) is 6.08 Å². The number of phenolic OH excluding ortho intramolecular Hbond substituents is 1. The number of phenols is 1. The Labute approximate surface area is 95.2 Å². The van der Waals surface area contributed by atoms with Crippen molar-refractivity contribution in [3.8, 4) is 5.75 Å². The van der Waals surface area contributed by atoms with E-state index < -0.39 is 0 Å². The van der Waals surface area contributed by atoms with Crippen LogP contribution >= 0.6 is 0 Å². The van der Waals surface area contributed by atoms with Gasteiger partial charge in [-0.25, -0.2) is 0 Å². The number of aromatic hydroxyl groups is 1. The van der Waals surface area contributed by atoms with Crippen molar-refractivity contribution in [2.45, 2.75) is 0 Å². The van der Waals surface area contributed by atoms with Crippen LogP contribution in [0.1, 0.15) is 5.56 Å². The summed E-state index contributed by atoms with van der Waals surface area (Å²) in [5.74, 6) is 0.373. The fraction of sp³-hybridized carbons (Fsp3) is 0. The van der Waals surface area contributed by atoms with Gasteiger partial charge in [0.05, 0.1) is 0 Å². The zero-order chi connectivity index (χ0) is 11.8. The van der Waals surface area contributed by atoms with Gasteiger partial charge in [-0.15, -0.1) is 0 Å². The first-order chi connectivity index (χ1) is 7.72. The van der Waals surface area contributed by atoms with Gasteiger partial charge in [0.25, 0.3) is 0 Å². The predicted molar refractivity (Wildman–Crippen MR) is 67.2 cm³/mol. The van der Waals surface area contributed by atoms with Crippen molar-refractivity contribution in [3.63, 3.8) is 0 Å². The van der Waals surface area contributed by atoms with Crippen LogP contribution in [0.5, 0.6) is 5.75 Å². The van der Waals surface area contributed by atoms with Gasteiger partial charge in [-0.05, 0) is 29.8 Å². The minimum Gasteiger partial charge on any atom is -0.508 e. The van der Waals surface area contributed by atoms with Gasteiger partial charge in [0.2, 0.25) is 0 Å². The molecule has 2 nitrogen and oxygen atoms in total. The van der Waals surface area contributed by atoms with Gasteiger partial charge in [-0.1, -0.05) is 43.0 Å². The van der Waals surface area contributed by atoms with E-state index in [0.29, 0.717) is 0 Å². The van der Waals surface area contributed by atoms with E-state index in [0.717, 1.165) is 5.56 Å². The lowest BCUT2D eigenvalue weighted by molar-refractivity contribution is 0.433. The predicted octanol–water partition coefficient (Wildman–Crippen LogP) is 3.59. The Bertz CT molecular complexity index is 440. The van der Waals surface area contributed by atoms with Crippen molar-refractivity contribution >= 4 is 6.08 Å². The molecule has 1 aromatic rings. The molecule has 0 radical (unpaired) electrons. The SMILES string of the molecule is C=C\C(O)=C/C=C/C=C/c1cccc(O)c1. The monoisotopic (exact) mass is 214 g/mol. The summed E-state index contributed by atoms with van der Waals surface area (Å²) in [4.78, 5) is 0. The number of aliphatic hydroxyl groups excluding tert-OH is 1. The molecule has 0 saturated heterocycles. The van der Waals surface area contributed by atoms with Crippen LogP contribution < -0.4 is 0 Å². The maximum absolute atomic E-state index is 9.21. The Morgan fingerprint density at radius 3 is 2.69 bits per heavy atom. The zero-order valence-electron chi connectivity index (χ0n) is 8.88. The molecule has 2 heteroatoms. The molecule has 16 heavy (non-hydrogen) atoms. The van der Waals surface area contributed by atoms with Crippen LogP contribution in [-0.4, -0.2) is 10.2 Å². The lowest BCUT2D eigenvalue weighted by Crippen LogP contribution is -1.70. The Hall–Kier alpha value is -2.22. The standard InChI is InChI=1S/C14H14O2/c1-2-13(15)9-5-3-4-7-12-8-6-10-14(16)11-12/h2-11,15-16H,1H2/b5-3+,7-4+,13-9+. The van der Waals surface area contributed by atoms with Gasteiger partial charge in [0.15, 0.2) is 0 Å². The van der Waals surface area contributed by atoms with Crippen molar-refractivity contribution in [2.24, 2.45) is 0 Å². The average Bonchev–Trinajstić information content (AvgIpc) is 2.28. The Morgan fingerprint density at radius 2 is 2.00 bits per heavy atom. The molecule has 1 aromatic carbocycles. The second kappa shape index (κ2) is 6.30. The number of rotatable bonds is 4. The van der Waals surface area contributed by atoms with Crippen LogP contribution in [0, 0.1) is 0 Å². The minimum atomic E-state index is 0.127. The van der Waals surface area contributed by atoms with Crippen LogP contribution in [0.15, 0.2) is 67.0 Å². The summed E-state index contributed by atoms with van der Waals surface area (Å²) in [7, 11) is 0. The second-order valence-electron chi connectivity index (χ2n) is 3.13. The number of aliphatic hydroxyl groups is 1. The van der Waals surface area contributed by atoms with Gasteiger partial charge in [-0.3, -0.25) is 0 Å². The molecule has 0 atom stereocenters. The molecule has 0 aliphatic carbocycles. The Balaban J connectivity index is 2.58. The fourth-order valence-corrected chi connectivity index (χ4v) is 1.08. The van der Waals surface area contributed by atoms with E-state index in [1.807, 2.05) is 18.2 Å². The van der Waals surface area contributed by atoms with Gasteiger partial charge in [-0.2, -0.15) is 0 Å². The molecular weight excluding hydrogens is 200 g/mol. The number of hydrogen-bond acceptors (Lipinski definition) is 2. The summed E-state index contributed by atoms with van der Waals surface area (Å²) in [6.45, 7) is 3.42. The maximum atomic E-state index is 9.21. The number of hydrogen-bond donors (Lipinski definition) is 2. The summed E-state index contributed by atoms with van der Waals surface area (Å²) in [5, 5.41) is 18.3. The summed E-state index contributed by atoms with van der Waals surface area (Å²) in [6, 6.07) is 6.96. The van der Waals surface area contributed by atoms with E-state index >= 15 is 0 Å². The first-order valence-corrected chi connectivity index (χ1v) is 4.88. The Morgan fingerprint density at radius 1 is 1.19 bits per heavy atom. The van der Waals surface area contributed by atoms with E-state index in [9.17, 15) is 5.11 Å². The molecule has 0 fully saturated rings. The summed E-state index contributed by atoms with van der Waals surface area (Å²) >= 11 is 0. The van der Waals surface area contributed by atoms with Crippen LogP contribution in [0.4, 0.5) is 0 Å². The normalized spacial score (nSPS) is 12.4. The molecule has 0 aromatic heterocycles. The van der Waals surface area contributed by atoms with Crippen molar-refractivity contribution < 1.29 is 10.2 Å². The van der Waals surface area contributed by atoms with Gasteiger partial charge >= 0.3 is 0 Å². The highest BCUT2D eigenvalue weighted by atomic mass is 16.3. The summed E-state index contributed by atoms with van der Waals surface area (Å²) < 4.78 is 0. The average molecular weight is 214 g/mol. The molecule has 2 N–H and O–H groups in total. The van der Waals surface area contributed by atoms with Crippen molar-refractivity contribution in [3.05, 3.63) is 72.5 Å². The summed E-state index contributed by atoms with van der Waals surface area (Å²) in [6.07, 6.45) is 10.1.